The maximum absolute atomic E-state index is 14.7. The summed E-state index contributed by atoms with van der Waals surface area (Å²) in [4.78, 5) is 10.5. The normalized spacial score (nSPS) is 11.6. The van der Waals surface area contributed by atoms with Crippen LogP contribution in [0.5, 0.6) is 0 Å². The second-order valence-corrected chi connectivity index (χ2v) is 10.6. The van der Waals surface area contributed by atoms with Gasteiger partial charge in [0.1, 0.15) is 22.1 Å². The predicted molar refractivity (Wildman–Crippen MR) is 140 cm³/mol. The van der Waals surface area contributed by atoms with E-state index in [0.29, 0.717) is 17.0 Å². The number of aromatic carboxylic acids is 1. The molecule has 5 aromatic rings. The van der Waals surface area contributed by atoms with Crippen molar-refractivity contribution >= 4 is 44.3 Å². The molecule has 0 spiro atoms. The molecule has 0 saturated carbocycles. The van der Waals surface area contributed by atoms with Crippen molar-refractivity contribution in [2.75, 3.05) is 4.31 Å². The van der Waals surface area contributed by atoms with Crippen LogP contribution >= 0.6 is 11.6 Å². The van der Waals surface area contributed by atoms with Gasteiger partial charge in [-0.25, -0.2) is 22.0 Å². The van der Waals surface area contributed by atoms with E-state index in [0.717, 1.165) is 21.5 Å². The molecule has 0 atom stereocenters. The average Bonchev–Trinajstić information content (AvgIpc) is 3.34. The fraction of sp³-hybridized carbons (Fsp3) is 0.0357. The van der Waals surface area contributed by atoms with Crippen LogP contribution in [0.25, 0.3) is 22.1 Å². The Morgan fingerprint density at radius 3 is 2.24 bits per heavy atom. The molecule has 0 bridgehead atoms. The molecule has 0 unspecified atom stereocenters. The summed E-state index contributed by atoms with van der Waals surface area (Å²) in [5.74, 6) is -3.99. The number of fused-ring (bicyclic) bond motifs is 1. The molecule has 0 aliphatic heterocycles. The minimum absolute atomic E-state index is 0.113. The molecule has 1 aromatic heterocycles. The van der Waals surface area contributed by atoms with Crippen molar-refractivity contribution in [3.63, 3.8) is 0 Å². The lowest BCUT2D eigenvalue weighted by Crippen LogP contribution is -2.31. The van der Waals surface area contributed by atoms with Gasteiger partial charge in [-0.2, -0.15) is 0 Å². The summed E-state index contributed by atoms with van der Waals surface area (Å²) >= 11 is 5.80. The third-order valence-corrected chi connectivity index (χ3v) is 8.01. The van der Waals surface area contributed by atoms with Crippen LogP contribution < -0.4 is 4.31 Å². The molecule has 192 valence electrons. The maximum Gasteiger partial charge on any atom is 0.371 e. The molecule has 4 aromatic carbocycles. The number of anilines is 1. The average molecular weight is 554 g/mol. The van der Waals surface area contributed by atoms with Crippen LogP contribution in [0.2, 0.25) is 5.02 Å². The van der Waals surface area contributed by atoms with E-state index in [1.54, 1.807) is 12.1 Å². The van der Waals surface area contributed by atoms with Gasteiger partial charge in [0.25, 0.3) is 10.0 Å². The van der Waals surface area contributed by atoms with Gasteiger partial charge in [0, 0.05) is 11.5 Å². The molecule has 10 heteroatoms. The van der Waals surface area contributed by atoms with Gasteiger partial charge >= 0.3 is 5.97 Å². The van der Waals surface area contributed by atoms with Gasteiger partial charge in [-0.05, 0) is 47.0 Å². The van der Waals surface area contributed by atoms with Crippen LogP contribution in [-0.4, -0.2) is 19.5 Å². The SMILES string of the molecule is O=C(O)c1cc2cc(N(Cc3ccc(-c4ccccc4)cc3)S(=O)(=O)c3cc(Cl)c(F)cc3F)ccc2o1. The third kappa shape index (κ3) is 4.85. The number of furan rings is 1. The third-order valence-electron chi connectivity index (χ3n) is 5.93. The molecular formula is C28H18ClF2NO5S. The number of sulfonamides is 1. The molecule has 1 N–H and O–H groups in total. The number of carboxylic acid groups (broad SMARTS) is 1. The topological polar surface area (TPSA) is 87.8 Å². The fourth-order valence-corrected chi connectivity index (χ4v) is 5.77. The summed E-state index contributed by atoms with van der Waals surface area (Å²) in [5, 5.41) is 9.02. The highest BCUT2D eigenvalue weighted by molar-refractivity contribution is 7.92. The first kappa shape index (κ1) is 25.4. The first-order valence-corrected chi connectivity index (χ1v) is 13.0. The van der Waals surface area contributed by atoms with Crippen LogP contribution in [0.15, 0.2) is 100 Å². The Bertz CT molecular complexity index is 1770. The summed E-state index contributed by atoms with van der Waals surface area (Å²) in [6.45, 7) is -0.207. The highest BCUT2D eigenvalue weighted by atomic mass is 35.5. The van der Waals surface area contributed by atoms with E-state index in [1.165, 1.54) is 24.3 Å². The van der Waals surface area contributed by atoms with Crippen molar-refractivity contribution in [2.24, 2.45) is 0 Å². The van der Waals surface area contributed by atoms with Gasteiger partial charge < -0.3 is 9.52 Å². The highest BCUT2D eigenvalue weighted by Crippen LogP contribution is 2.33. The number of halogens is 3. The zero-order valence-electron chi connectivity index (χ0n) is 19.4. The minimum Gasteiger partial charge on any atom is -0.475 e. The molecule has 6 nitrogen and oxygen atoms in total. The first-order chi connectivity index (χ1) is 18.1. The molecule has 1 heterocycles. The van der Waals surface area contributed by atoms with Gasteiger partial charge in [-0.15, -0.1) is 0 Å². The van der Waals surface area contributed by atoms with Gasteiger partial charge in [0.05, 0.1) is 17.3 Å². The van der Waals surface area contributed by atoms with Crippen molar-refractivity contribution in [1.29, 1.82) is 0 Å². The van der Waals surface area contributed by atoms with Crippen molar-refractivity contribution in [3.05, 3.63) is 119 Å². The quantitative estimate of drug-likeness (QED) is 0.217. The van der Waals surface area contributed by atoms with Crippen molar-refractivity contribution < 1.29 is 31.5 Å². The van der Waals surface area contributed by atoms with Crippen LogP contribution in [0, 0.1) is 11.6 Å². The Kier molecular flexibility index (Phi) is 6.64. The summed E-state index contributed by atoms with van der Waals surface area (Å²) in [6.07, 6.45) is 0. The van der Waals surface area contributed by atoms with Crippen LogP contribution in [0.3, 0.4) is 0 Å². The Morgan fingerprint density at radius 1 is 0.868 bits per heavy atom. The van der Waals surface area contributed by atoms with Gasteiger partial charge in [-0.1, -0.05) is 66.2 Å². The lowest BCUT2D eigenvalue weighted by atomic mass is 10.0. The largest absolute Gasteiger partial charge is 0.475 e. The van der Waals surface area contributed by atoms with Crippen molar-refractivity contribution in [1.82, 2.24) is 0 Å². The van der Waals surface area contributed by atoms with Gasteiger partial charge in [0.2, 0.25) is 5.76 Å². The summed E-state index contributed by atoms with van der Waals surface area (Å²) in [6, 6.07) is 23.4. The number of benzene rings is 4. The van der Waals surface area contributed by atoms with Crippen LogP contribution in [-0.2, 0) is 16.6 Å². The van der Waals surface area contributed by atoms with Crippen LogP contribution in [0.4, 0.5) is 14.5 Å². The Labute approximate surface area is 221 Å². The van der Waals surface area contributed by atoms with Crippen LogP contribution in [0.1, 0.15) is 16.1 Å². The standard InChI is InChI=1S/C28H18ClF2NO5S/c29-22-14-27(24(31)15-23(22)30)38(35,36)32(21-10-11-25-20(12-21)13-26(37-25)28(33)34)16-17-6-8-19(9-7-17)18-4-2-1-3-5-18/h1-15H,16H2,(H,33,34). The number of hydrogen-bond donors (Lipinski definition) is 1. The van der Waals surface area contributed by atoms with E-state index >= 15 is 0 Å². The maximum atomic E-state index is 14.7. The van der Waals surface area contributed by atoms with Crippen molar-refractivity contribution in [2.45, 2.75) is 11.4 Å². The number of rotatable bonds is 7. The van der Waals surface area contributed by atoms with E-state index in [-0.39, 0.29) is 23.6 Å². The van der Waals surface area contributed by atoms with Gasteiger partial charge in [0.15, 0.2) is 0 Å². The Morgan fingerprint density at radius 2 is 1.55 bits per heavy atom. The second kappa shape index (κ2) is 9.92. The van der Waals surface area contributed by atoms with E-state index in [9.17, 15) is 27.1 Å². The lowest BCUT2D eigenvalue weighted by molar-refractivity contribution is 0.0665. The predicted octanol–water partition coefficient (Wildman–Crippen LogP) is 7.13. The number of carbonyl (C=O) groups is 1. The number of hydrogen-bond acceptors (Lipinski definition) is 4. The number of nitrogens with zero attached hydrogens (tertiary/aromatic N) is 1. The Hall–Kier alpha value is -4.21. The first-order valence-electron chi connectivity index (χ1n) is 11.2. The fourth-order valence-electron chi connectivity index (χ4n) is 4.03. The zero-order valence-corrected chi connectivity index (χ0v) is 21.0. The molecule has 5 rings (SSSR count). The summed E-state index contributed by atoms with van der Waals surface area (Å²) < 4.78 is 62.3. The Balaban J connectivity index is 1.60. The molecular weight excluding hydrogens is 536 g/mol. The molecule has 0 fully saturated rings. The monoisotopic (exact) mass is 553 g/mol. The highest BCUT2D eigenvalue weighted by Gasteiger charge is 2.30. The molecule has 0 radical (unpaired) electrons. The van der Waals surface area contributed by atoms with Crippen molar-refractivity contribution in [3.8, 4) is 11.1 Å². The lowest BCUT2D eigenvalue weighted by Gasteiger charge is -2.25. The van der Waals surface area contributed by atoms with E-state index in [4.69, 9.17) is 16.0 Å². The molecule has 0 amide bonds. The number of carboxylic acids is 1. The second-order valence-electron chi connectivity index (χ2n) is 8.41. The van der Waals surface area contributed by atoms with E-state index < -0.39 is 37.5 Å². The van der Waals surface area contributed by atoms with E-state index in [2.05, 4.69) is 0 Å². The molecule has 0 saturated heterocycles. The van der Waals surface area contributed by atoms with Gasteiger partial charge in [-0.3, -0.25) is 4.31 Å². The summed E-state index contributed by atoms with van der Waals surface area (Å²) in [7, 11) is -4.60. The van der Waals surface area contributed by atoms with E-state index in [1.807, 2.05) is 42.5 Å². The molecule has 0 aliphatic rings. The minimum atomic E-state index is -4.60. The zero-order chi connectivity index (χ0) is 27.0. The summed E-state index contributed by atoms with van der Waals surface area (Å²) in [5.41, 5.74) is 2.82. The smallest absolute Gasteiger partial charge is 0.371 e. The molecule has 0 aliphatic carbocycles. The molecule has 38 heavy (non-hydrogen) atoms.